The van der Waals surface area contributed by atoms with Crippen LogP contribution in [0.1, 0.15) is 41.5 Å². The van der Waals surface area contributed by atoms with Crippen molar-refractivity contribution in [3.63, 3.8) is 0 Å². The van der Waals surface area contributed by atoms with E-state index < -0.39 is 59.4 Å². The van der Waals surface area contributed by atoms with Crippen molar-refractivity contribution in [2.75, 3.05) is 0 Å². The van der Waals surface area contributed by atoms with Crippen molar-refractivity contribution >= 4 is 17.6 Å². The largest absolute Gasteiger partial charge is 0.460 e. The van der Waals surface area contributed by atoms with Crippen LogP contribution in [0.25, 0.3) is 0 Å². The highest BCUT2D eigenvalue weighted by Crippen LogP contribution is 2.52. The number of alkyl halides is 1. The molecule has 0 bridgehead atoms. The Hall–Kier alpha value is -0.480. The van der Waals surface area contributed by atoms with Crippen LogP contribution in [0.5, 0.6) is 0 Å². The molecule has 0 aromatic heterocycles. The molecule has 4 heterocycles. The van der Waals surface area contributed by atoms with Crippen LogP contribution < -0.4 is 0 Å². The van der Waals surface area contributed by atoms with Gasteiger partial charge in [-0.15, -0.1) is 0 Å². The number of esters is 1. The van der Waals surface area contributed by atoms with Gasteiger partial charge in [0.2, 0.25) is 0 Å². The molecule has 0 saturated carbocycles. The minimum Gasteiger partial charge on any atom is -0.460 e. The molecular formula is C17H25ClO8. The predicted molar refractivity (Wildman–Crippen MR) is 87.2 cm³/mol. The summed E-state index contributed by atoms with van der Waals surface area (Å²) in [5.74, 6) is -2.28. The summed E-state index contributed by atoms with van der Waals surface area (Å²) >= 11 is 6.35. The molecule has 0 amide bonds. The molecule has 0 radical (unpaired) electrons. The lowest BCUT2D eigenvalue weighted by Gasteiger charge is -2.36. The Morgan fingerprint density at radius 3 is 2.04 bits per heavy atom. The lowest BCUT2D eigenvalue weighted by molar-refractivity contribution is -0.237. The van der Waals surface area contributed by atoms with Gasteiger partial charge < -0.3 is 33.2 Å². The third-order valence-corrected chi connectivity index (χ3v) is 5.18. The van der Waals surface area contributed by atoms with Crippen LogP contribution in [-0.2, 0) is 38.0 Å². The number of halogens is 1. The van der Waals surface area contributed by atoms with Crippen LogP contribution >= 0.6 is 11.6 Å². The zero-order chi connectivity index (χ0) is 19.1. The number of epoxide rings is 1. The van der Waals surface area contributed by atoms with Gasteiger partial charge in [0.15, 0.2) is 17.9 Å². The number of hydrogen-bond acceptors (Lipinski definition) is 8. The molecule has 4 saturated heterocycles. The molecule has 2 unspecified atom stereocenters. The number of ether oxygens (including phenoxy) is 7. The minimum absolute atomic E-state index is 0.301. The van der Waals surface area contributed by atoms with Gasteiger partial charge in [-0.25, -0.2) is 4.79 Å². The van der Waals surface area contributed by atoms with Gasteiger partial charge in [-0.2, -0.15) is 0 Å². The van der Waals surface area contributed by atoms with Gasteiger partial charge >= 0.3 is 5.97 Å². The van der Waals surface area contributed by atoms with E-state index in [1.54, 1.807) is 27.7 Å². The Labute approximate surface area is 157 Å². The van der Waals surface area contributed by atoms with Crippen molar-refractivity contribution in [1.29, 1.82) is 0 Å². The summed E-state index contributed by atoms with van der Waals surface area (Å²) in [5.41, 5.74) is 0. The maximum absolute atomic E-state index is 12.3. The fraction of sp³-hybridized carbons (Fsp3) is 0.941. The fourth-order valence-electron chi connectivity index (χ4n) is 3.77. The van der Waals surface area contributed by atoms with E-state index in [0.717, 1.165) is 0 Å². The fourth-order valence-corrected chi connectivity index (χ4v) is 4.04. The molecule has 0 aromatic rings. The molecule has 4 fully saturated rings. The molecule has 7 atom stereocenters. The molecule has 4 rings (SSSR count). The van der Waals surface area contributed by atoms with Crippen molar-refractivity contribution in [1.82, 2.24) is 0 Å². The molecule has 4 aliphatic heterocycles. The second-order valence-corrected chi connectivity index (χ2v) is 8.83. The normalized spacial score (nSPS) is 48.2. The lowest BCUT2D eigenvalue weighted by atomic mass is 9.95. The summed E-state index contributed by atoms with van der Waals surface area (Å²) in [5, 5.41) is -1.59. The molecule has 0 N–H and O–H groups in total. The monoisotopic (exact) mass is 392 g/mol. The SMILES string of the molecule is CC(C)OC(=O)C1(Cl)OC1[C@@H]1O[C@@H]2OC(C)(C)O[C@@H]2[C@H]2OC(C)(C)O[C@H]21. The minimum atomic E-state index is -1.59. The molecule has 26 heavy (non-hydrogen) atoms. The Balaban J connectivity index is 1.57. The van der Waals surface area contributed by atoms with E-state index in [1.807, 2.05) is 13.8 Å². The van der Waals surface area contributed by atoms with Gasteiger partial charge in [0, 0.05) is 0 Å². The summed E-state index contributed by atoms with van der Waals surface area (Å²) in [6, 6.07) is 0. The average Bonchev–Trinajstić information content (AvgIpc) is 2.90. The molecule has 4 aliphatic rings. The highest BCUT2D eigenvalue weighted by Gasteiger charge is 2.73. The van der Waals surface area contributed by atoms with E-state index in [2.05, 4.69) is 0 Å². The second-order valence-electron chi connectivity index (χ2n) is 8.27. The summed E-state index contributed by atoms with van der Waals surface area (Å²) < 4.78 is 40.6. The van der Waals surface area contributed by atoms with E-state index in [4.69, 9.17) is 44.8 Å². The van der Waals surface area contributed by atoms with Crippen LogP contribution in [0, 0.1) is 0 Å². The topological polar surface area (TPSA) is 85.0 Å². The maximum atomic E-state index is 12.3. The summed E-state index contributed by atoms with van der Waals surface area (Å²) in [6.45, 7) is 10.7. The first-order valence-corrected chi connectivity index (χ1v) is 9.24. The van der Waals surface area contributed by atoms with Crippen molar-refractivity contribution in [3.05, 3.63) is 0 Å². The van der Waals surface area contributed by atoms with Gasteiger partial charge in [-0.3, -0.25) is 0 Å². The Morgan fingerprint density at radius 1 is 0.885 bits per heavy atom. The molecule has 9 heteroatoms. The third-order valence-electron chi connectivity index (χ3n) is 4.72. The predicted octanol–water partition coefficient (Wildman–Crippen LogP) is 1.67. The van der Waals surface area contributed by atoms with Crippen molar-refractivity contribution in [3.8, 4) is 0 Å². The van der Waals surface area contributed by atoms with E-state index in [1.165, 1.54) is 0 Å². The Kier molecular flexibility index (Phi) is 4.18. The quantitative estimate of drug-likeness (QED) is 0.407. The lowest BCUT2D eigenvalue weighted by Crippen LogP contribution is -2.57. The van der Waals surface area contributed by atoms with Gasteiger partial charge in [0.05, 0.1) is 6.10 Å². The summed E-state index contributed by atoms with van der Waals surface area (Å²) in [4.78, 5) is 12.3. The van der Waals surface area contributed by atoms with Crippen LogP contribution in [0.4, 0.5) is 0 Å². The van der Waals surface area contributed by atoms with Crippen LogP contribution in [0.2, 0.25) is 0 Å². The molecule has 0 aromatic carbocycles. The van der Waals surface area contributed by atoms with Gasteiger partial charge in [0.1, 0.15) is 30.5 Å². The smallest absolute Gasteiger partial charge is 0.357 e. The number of rotatable bonds is 3. The van der Waals surface area contributed by atoms with Crippen molar-refractivity contribution in [2.24, 2.45) is 0 Å². The Bertz CT molecular complexity index is 608. The van der Waals surface area contributed by atoms with E-state index >= 15 is 0 Å². The number of carbonyl (C=O) groups is 1. The van der Waals surface area contributed by atoms with Crippen LogP contribution in [0.15, 0.2) is 0 Å². The average molecular weight is 393 g/mol. The maximum Gasteiger partial charge on any atom is 0.357 e. The first-order valence-electron chi connectivity index (χ1n) is 8.86. The molecular weight excluding hydrogens is 368 g/mol. The van der Waals surface area contributed by atoms with Gasteiger partial charge in [0.25, 0.3) is 5.06 Å². The zero-order valence-corrected chi connectivity index (χ0v) is 16.4. The molecule has 8 nitrogen and oxygen atoms in total. The van der Waals surface area contributed by atoms with Gasteiger partial charge in [-0.1, -0.05) is 11.6 Å². The molecule has 0 aliphatic carbocycles. The highest BCUT2D eigenvalue weighted by atomic mass is 35.5. The van der Waals surface area contributed by atoms with Gasteiger partial charge in [-0.05, 0) is 41.5 Å². The summed E-state index contributed by atoms with van der Waals surface area (Å²) in [6.07, 6.45) is -3.74. The molecule has 148 valence electrons. The second kappa shape index (κ2) is 5.76. The first-order chi connectivity index (χ1) is 11.9. The van der Waals surface area contributed by atoms with Crippen molar-refractivity contribution in [2.45, 2.75) is 101 Å². The van der Waals surface area contributed by atoms with Crippen molar-refractivity contribution < 1.29 is 38.0 Å². The van der Waals surface area contributed by atoms with Crippen LogP contribution in [-0.4, -0.2) is 65.5 Å². The van der Waals surface area contributed by atoms with Crippen LogP contribution in [0.3, 0.4) is 0 Å². The standard InChI is InChI=1S/C17H25ClO8/c1-7(2)20-14(19)17(18)12(25-17)10-8-9(23-15(3,4)22-8)11-13(21-10)26-16(5,6)24-11/h7-13H,1-6H3/t8-,9+,10-,11-,12?,13-,17?/m1/s1. The zero-order valence-electron chi connectivity index (χ0n) is 15.7. The number of hydrogen-bond donors (Lipinski definition) is 0. The molecule has 0 spiro atoms. The van der Waals surface area contributed by atoms with E-state index in [-0.39, 0.29) is 6.10 Å². The number of fused-ring (bicyclic) bond motifs is 3. The third kappa shape index (κ3) is 3.05. The summed E-state index contributed by atoms with van der Waals surface area (Å²) in [7, 11) is 0. The van der Waals surface area contributed by atoms with E-state index in [9.17, 15) is 4.79 Å². The first kappa shape index (κ1) is 18.9. The highest BCUT2D eigenvalue weighted by molar-refractivity contribution is 6.35. The number of carbonyl (C=O) groups excluding carboxylic acids is 1. The Morgan fingerprint density at radius 2 is 1.42 bits per heavy atom. The van der Waals surface area contributed by atoms with E-state index in [0.29, 0.717) is 0 Å².